The molecule has 1 spiro atoms. The number of aliphatic imine (C=N–C) groups is 2. The summed E-state index contributed by atoms with van der Waals surface area (Å²) in [7, 11) is 0. The summed E-state index contributed by atoms with van der Waals surface area (Å²) in [5.74, 6) is 0.886. The van der Waals surface area contributed by atoms with Crippen LogP contribution in [0.3, 0.4) is 0 Å². The van der Waals surface area contributed by atoms with E-state index in [1.807, 2.05) is 73.1 Å². The van der Waals surface area contributed by atoms with Gasteiger partial charge in [0.05, 0.1) is 11.4 Å². The smallest absolute Gasteiger partial charge is 0.253 e. The van der Waals surface area contributed by atoms with E-state index >= 15 is 0 Å². The fraction of sp³-hybridized carbons (Fsp3) is 0.297. The molecule has 6 rings (SSSR count). The molecule has 0 saturated carbocycles. The zero-order valence-corrected chi connectivity index (χ0v) is 24.9. The molecular weight excluding hydrogens is 504 g/mol. The second-order valence-corrected chi connectivity index (χ2v) is 12.9. The van der Waals surface area contributed by atoms with Crippen LogP contribution in [-0.2, 0) is 10.8 Å². The molecule has 4 nitrogen and oxygen atoms in total. The second kappa shape index (κ2) is 10.0. The van der Waals surface area contributed by atoms with Crippen LogP contribution < -0.4 is 9.47 Å². The molecule has 41 heavy (non-hydrogen) atoms. The zero-order chi connectivity index (χ0) is 28.8. The zero-order valence-electron chi connectivity index (χ0n) is 24.9. The molecule has 2 aliphatic heterocycles. The molecule has 0 aromatic heterocycles. The lowest BCUT2D eigenvalue weighted by Crippen LogP contribution is -2.56. The van der Waals surface area contributed by atoms with Crippen molar-refractivity contribution in [2.45, 2.75) is 71.0 Å². The van der Waals surface area contributed by atoms with Gasteiger partial charge in [0, 0.05) is 58.4 Å². The third-order valence-corrected chi connectivity index (χ3v) is 8.20. The van der Waals surface area contributed by atoms with Crippen LogP contribution in [0, 0.1) is 13.8 Å². The first-order valence-corrected chi connectivity index (χ1v) is 14.4. The minimum absolute atomic E-state index is 0.175. The van der Waals surface area contributed by atoms with Crippen LogP contribution in [0.1, 0.15) is 73.9 Å². The number of hydrogen-bond acceptors (Lipinski definition) is 4. The maximum atomic E-state index is 7.05. The van der Waals surface area contributed by atoms with Crippen LogP contribution in [0.2, 0.25) is 0 Å². The first-order valence-electron chi connectivity index (χ1n) is 14.4. The van der Waals surface area contributed by atoms with Crippen molar-refractivity contribution in [1.82, 2.24) is 0 Å². The molecule has 4 aromatic rings. The summed E-state index contributed by atoms with van der Waals surface area (Å²) < 4.78 is 14.1. The first kappa shape index (κ1) is 27.0. The van der Waals surface area contributed by atoms with Gasteiger partial charge in [-0.3, -0.25) is 9.98 Å². The standard InChI is InChI=1S/C37H38N2O2/c1-25-17-27(21-38-29-13-9-7-10-14-29)33-31(19-25)35(3,4)23-37(40-33)24-36(5,6)32-20-26(2)18-28(34(32)41-37)22-39-30-15-11-8-12-16-30/h7-22H,23-24H2,1-6H3. The Bertz CT molecular complexity index is 1520. The molecule has 0 bridgehead atoms. The minimum atomic E-state index is -0.831. The number of para-hydroxylation sites is 2. The molecule has 4 aromatic carbocycles. The third-order valence-electron chi connectivity index (χ3n) is 8.20. The largest absolute Gasteiger partial charge is 0.451 e. The molecule has 2 aliphatic rings. The fourth-order valence-corrected chi connectivity index (χ4v) is 6.48. The number of benzene rings is 4. The van der Waals surface area contributed by atoms with Gasteiger partial charge in [-0.2, -0.15) is 0 Å². The molecule has 0 saturated heterocycles. The highest BCUT2D eigenvalue weighted by Crippen LogP contribution is 2.55. The van der Waals surface area contributed by atoms with Crippen molar-refractivity contribution in [3.63, 3.8) is 0 Å². The highest BCUT2D eigenvalue weighted by Gasteiger charge is 2.54. The highest BCUT2D eigenvalue weighted by molar-refractivity contribution is 5.88. The van der Waals surface area contributed by atoms with Gasteiger partial charge in [-0.1, -0.05) is 76.2 Å². The maximum absolute atomic E-state index is 7.05. The van der Waals surface area contributed by atoms with Crippen LogP contribution in [0.25, 0.3) is 0 Å². The lowest BCUT2D eigenvalue weighted by molar-refractivity contribution is -0.166. The van der Waals surface area contributed by atoms with Crippen LogP contribution in [0.15, 0.2) is 94.9 Å². The number of rotatable bonds is 4. The Hall–Kier alpha value is -4.18. The van der Waals surface area contributed by atoms with Gasteiger partial charge in [-0.05, 0) is 61.4 Å². The first-order chi connectivity index (χ1) is 19.5. The van der Waals surface area contributed by atoms with Gasteiger partial charge >= 0.3 is 0 Å². The Morgan fingerprint density at radius 1 is 0.585 bits per heavy atom. The van der Waals surface area contributed by atoms with E-state index in [9.17, 15) is 0 Å². The van der Waals surface area contributed by atoms with Crippen molar-refractivity contribution in [2.75, 3.05) is 0 Å². The van der Waals surface area contributed by atoms with Gasteiger partial charge in [-0.15, -0.1) is 0 Å². The van der Waals surface area contributed by atoms with Crippen molar-refractivity contribution in [3.05, 3.63) is 118 Å². The lowest BCUT2D eigenvalue weighted by Gasteiger charge is -2.52. The normalized spacial score (nSPS) is 20.4. The fourth-order valence-electron chi connectivity index (χ4n) is 6.48. The molecule has 208 valence electrons. The van der Waals surface area contributed by atoms with Gasteiger partial charge < -0.3 is 9.47 Å². The molecule has 0 radical (unpaired) electrons. The maximum Gasteiger partial charge on any atom is 0.253 e. The van der Waals surface area contributed by atoms with Gasteiger partial charge in [0.1, 0.15) is 11.5 Å². The van der Waals surface area contributed by atoms with Crippen LogP contribution in [0.4, 0.5) is 11.4 Å². The molecular formula is C37H38N2O2. The van der Waals surface area contributed by atoms with E-state index in [1.54, 1.807) is 0 Å². The van der Waals surface area contributed by atoms with Crippen molar-refractivity contribution < 1.29 is 9.47 Å². The van der Waals surface area contributed by atoms with Crippen molar-refractivity contribution in [1.29, 1.82) is 0 Å². The summed E-state index contributed by atoms with van der Waals surface area (Å²) in [5, 5.41) is 0. The average Bonchev–Trinajstić information content (AvgIpc) is 2.92. The number of hydrogen-bond donors (Lipinski definition) is 0. The van der Waals surface area contributed by atoms with Crippen LogP contribution in [-0.4, -0.2) is 18.2 Å². The predicted octanol–water partition coefficient (Wildman–Crippen LogP) is 9.32. The second-order valence-electron chi connectivity index (χ2n) is 12.9. The van der Waals surface area contributed by atoms with Crippen molar-refractivity contribution in [3.8, 4) is 11.5 Å². The van der Waals surface area contributed by atoms with Gasteiger partial charge in [0.15, 0.2) is 0 Å². The van der Waals surface area contributed by atoms with E-state index in [2.05, 4.69) is 65.8 Å². The van der Waals surface area contributed by atoms with E-state index in [-0.39, 0.29) is 10.8 Å². The predicted molar refractivity (Wildman–Crippen MR) is 169 cm³/mol. The summed E-state index contributed by atoms with van der Waals surface area (Å²) in [4.78, 5) is 9.57. The number of nitrogens with zero attached hydrogens (tertiary/aromatic N) is 2. The van der Waals surface area contributed by atoms with Crippen LogP contribution in [0.5, 0.6) is 11.5 Å². The summed E-state index contributed by atoms with van der Waals surface area (Å²) in [6.45, 7) is 13.5. The molecule has 0 N–H and O–H groups in total. The number of ether oxygens (including phenoxy) is 2. The van der Waals surface area contributed by atoms with Crippen molar-refractivity contribution in [2.24, 2.45) is 9.98 Å². The topological polar surface area (TPSA) is 43.2 Å². The summed E-state index contributed by atoms with van der Waals surface area (Å²) >= 11 is 0. The quantitative estimate of drug-likeness (QED) is 0.241. The van der Waals surface area contributed by atoms with Gasteiger partial charge in [0.25, 0.3) is 5.79 Å². The molecule has 0 atom stereocenters. The average molecular weight is 543 g/mol. The summed E-state index contributed by atoms with van der Waals surface area (Å²) in [5.41, 5.74) is 8.18. The Morgan fingerprint density at radius 3 is 1.37 bits per heavy atom. The molecule has 0 unspecified atom stereocenters. The third kappa shape index (κ3) is 5.31. The van der Waals surface area contributed by atoms with E-state index in [4.69, 9.17) is 19.5 Å². The SMILES string of the molecule is Cc1cc(C=Nc2ccccc2)c2c(c1)C(C)(C)CC1(CC(C)(C)c3cc(C)cc(C=Nc4ccccc4)c3O1)O2. The summed E-state index contributed by atoms with van der Waals surface area (Å²) in [6, 6.07) is 28.9. The van der Waals surface area contributed by atoms with E-state index in [0.29, 0.717) is 0 Å². The monoisotopic (exact) mass is 542 g/mol. The molecule has 0 aliphatic carbocycles. The Labute approximate surface area is 243 Å². The van der Waals surface area contributed by atoms with Crippen LogP contribution >= 0.6 is 0 Å². The number of aryl methyl sites for hydroxylation is 2. The Morgan fingerprint density at radius 2 is 0.976 bits per heavy atom. The van der Waals surface area contributed by atoms with Crippen molar-refractivity contribution >= 4 is 23.8 Å². The molecule has 0 fully saturated rings. The van der Waals surface area contributed by atoms with E-state index in [1.165, 1.54) is 22.3 Å². The van der Waals surface area contributed by atoms with E-state index in [0.717, 1.165) is 46.8 Å². The van der Waals surface area contributed by atoms with E-state index < -0.39 is 5.79 Å². The summed E-state index contributed by atoms with van der Waals surface area (Å²) in [6.07, 6.45) is 5.33. The van der Waals surface area contributed by atoms with Gasteiger partial charge in [-0.25, -0.2) is 0 Å². The lowest BCUT2D eigenvalue weighted by atomic mass is 9.68. The minimum Gasteiger partial charge on any atom is -0.451 e. The number of fused-ring (bicyclic) bond motifs is 2. The molecule has 4 heteroatoms. The van der Waals surface area contributed by atoms with Gasteiger partial charge in [0.2, 0.25) is 0 Å². The molecule has 0 amide bonds. The Kier molecular flexibility index (Phi) is 6.60. The highest BCUT2D eigenvalue weighted by atomic mass is 16.7. The molecule has 2 heterocycles. The Balaban J connectivity index is 1.45.